The Bertz CT molecular complexity index is 476. The minimum atomic E-state index is -4.81. The molecule has 0 radical (unpaired) electrons. The van der Waals surface area contributed by atoms with Crippen LogP contribution in [0.4, 0.5) is 17.6 Å². The summed E-state index contributed by atoms with van der Waals surface area (Å²) in [6.07, 6.45) is -2.17. The van der Waals surface area contributed by atoms with Crippen LogP contribution in [0.15, 0.2) is 18.2 Å². The molecule has 1 amide bonds. The fourth-order valence-corrected chi connectivity index (χ4v) is 1.85. The molecule has 0 aromatic heterocycles. The fraction of sp³-hybridized carbons (Fsp3) is 0.462. The number of amides is 1. The Kier molecular flexibility index (Phi) is 5.86. The van der Waals surface area contributed by atoms with Crippen LogP contribution in [0.1, 0.15) is 29.3 Å². The summed E-state index contributed by atoms with van der Waals surface area (Å²) in [7, 11) is 0. The molecule has 1 aromatic rings. The highest BCUT2D eigenvalue weighted by molar-refractivity contribution is 7.99. The number of benzene rings is 1. The first kappa shape index (κ1) is 16.8. The molecule has 7 heteroatoms. The molecule has 0 aliphatic heterocycles. The van der Waals surface area contributed by atoms with Gasteiger partial charge in [0.05, 0.1) is 5.56 Å². The third kappa shape index (κ3) is 4.70. The van der Waals surface area contributed by atoms with Crippen molar-refractivity contribution >= 4 is 17.7 Å². The average molecular weight is 309 g/mol. The van der Waals surface area contributed by atoms with Crippen molar-refractivity contribution in [3.8, 4) is 0 Å². The highest BCUT2D eigenvalue weighted by atomic mass is 32.2. The second-order valence-corrected chi connectivity index (χ2v) is 5.56. The monoisotopic (exact) mass is 309 g/mol. The van der Waals surface area contributed by atoms with Gasteiger partial charge in [0.25, 0.3) is 5.91 Å². The SMILES string of the molecule is CSC(C)CCNC(=O)c1ccc(F)c(C(F)(F)F)c1. The van der Waals surface area contributed by atoms with Gasteiger partial charge >= 0.3 is 6.18 Å². The van der Waals surface area contributed by atoms with E-state index in [1.54, 1.807) is 11.8 Å². The van der Waals surface area contributed by atoms with Gasteiger partial charge in [-0.25, -0.2) is 4.39 Å². The number of alkyl halides is 3. The quantitative estimate of drug-likeness (QED) is 0.840. The van der Waals surface area contributed by atoms with Crippen LogP contribution in [0.5, 0.6) is 0 Å². The lowest BCUT2D eigenvalue weighted by Gasteiger charge is -2.11. The molecular formula is C13H15F4NOS. The van der Waals surface area contributed by atoms with E-state index >= 15 is 0 Å². The summed E-state index contributed by atoms with van der Waals surface area (Å²) in [6.45, 7) is 2.34. The molecule has 20 heavy (non-hydrogen) atoms. The molecular weight excluding hydrogens is 294 g/mol. The zero-order valence-corrected chi connectivity index (χ0v) is 11.9. The number of hydrogen-bond donors (Lipinski definition) is 1. The van der Waals surface area contributed by atoms with Gasteiger partial charge in [0, 0.05) is 17.4 Å². The van der Waals surface area contributed by atoms with Crippen LogP contribution < -0.4 is 5.32 Å². The molecule has 1 rings (SSSR count). The van der Waals surface area contributed by atoms with Crippen LogP contribution in [-0.4, -0.2) is 24.0 Å². The molecule has 0 bridgehead atoms. The number of halogens is 4. The lowest BCUT2D eigenvalue weighted by molar-refractivity contribution is -0.140. The van der Waals surface area contributed by atoms with Gasteiger partial charge in [-0.1, -0.05) is 6.92 Å². The molecule has 1 atom stereocenters. The van der Waals surface area contributed by atoms with E-state index < -0.39 is 23.5 Å². The van der Waals surface area contributed by atoms with Crippen LogP contribution in [0.3, 0.4) is 0 Å². The van der Waals surface area contributed by atoms with Gasteiger partial charge in [0.2, 0.25) is 0 Å². The minimum Gasteiger partial charge on any atom is -0.352 e. The Labute approximate surface area is 118 Å². The van der Waals surface area contributed by atoms with Gasteiger partial charge in [-0.05, 0) is 30.9 Å². The Balaban J connectivity index is 2.74. The van der Waals surface area contributed by atoms with Gasteiger partial charge in [-0.3, -0.25) is 4.79 Å². The number of carbonyl (C=O) groups excluding carboxylic acids is 1. The maximum Gasteiger partial charge on any atom is 0.419 e. The summed E-state index contributed by atoms with van der Waals surface area (Å²) in [6, 6.07) is 2.23. The number of hydrogen-bond acceptors (Lipinski definition) is 2. The lowest BCUT2D eigenvalue weighted by atomic mass is 10.1. The highest BCUT2D eigenvalue weighted by Crippen LogP contribution is 2.31. The van der Waals surface area contributed by atoms with Gasteiger partial charge in [0.1, 0.15) is 5.82 Å². The Morgan fingerprint density at radius 1 is 1.40 bits per heavy atom. The van der Waals surface area contributed by atoms with E-state index in [2.05, 4.69) is 5.32 Å². The minimum absolute atomic E-state index is 0.199. The summed E-state index contributed by atoms with van der Waals surface area (Å²) in [5.41, 5.74) is -1.63. The molecule has 0 saturated carbocycles. The third-order valence-corrected chi connectivity index (χ3v) is 3.81. The molecule has 1 aromatic carbocycles. The second-order valence-electron chi connectivity index (χ2n) is 4.28. The van der Waals surface area contributed by atoms with E-state index in [0.717, 1.165) is 6.07 Å². The van der Waals surface area contributed by atoms with E-state index in [4.69, 9.17) is 0 Å². The lowest BCUT2D eigenvalue weighted by Crippen LogP contribution is -2.26. The van der Waals surface area contributed by atoms with Gasteiger partial charge < -0.3 is 5.32 Å². The molecule has 0 heterocycles. The normalized spacial score (nSPS) is 13.1. The predicted octanol–water partition coefficient (Wildman–Crippen LogP) is 3.72. The van der Waals surface area contributed by atoms with Crippen molar-refractivity contribution in [1.82, 2.24) is 5.32 Å². The summed E-state index contributed by atoms with van der Waals surface area (Å²) < 4.78 is 50.6. The molecule has 0 saturated heterocycles. The van der Waals surface area contributed by atoms with Crippen molar-refractivity contribution in [2.45, 2.75) is 24.8 Å². The molecule has 0 aliphatic carbocycles. The van der Waals surface area contributed by atoms with E-state index in [-0.39, 0.29) is 5.56 Å². The van der Waals surface area contributed by atoms with Crippen molar-refractivity contribution in [3.63, 3.8) is 0 Å². The Morgan fingerprint density at radius 2 is 2.05 bits per heavy atom. The highest BCUT2D eigenvalue weighted by Gasteiger charge is 2.34. The number of carbonyl (C=O) groups is 1. The van der Waals surface area contributed by atoms with E-state index in [1.165, 1.54) is 0 Å². The molecule has 0 fully saturated rings. The first-order chi connectivity index (χ1) is 9.25. The van der Waals surface area contributed by atoms with Crippen molar-refractivity contribution in [1.29, 1.82) is 0 Å². The third-order valence-electron chi connectivity index (χ3n) is 2.77. The van der Waals surface area contributed by atoms with E-state index in [1.807, 2.05) is 13.2 Å². The number of thioether (sulfide) groups is 1. The van der Waals surface area contributed by atoms with Crippen LogP contribution >= 0.6 is 11.8 Å². The Hall–Kier alpha value is -1.24. The summed E-state index contributed by atoms with van der Waals surface area (Å²) in [4.78, 5) is 11.7. The number of rotatable bonds is 5. The molecule has 112 valence electrons. The maximum absolute atomic E-state index is 13.1. The average Bonchev–Trinajstić information content (AvgIpc) is 2.37. The van der Waals surface area contributed by atoms with E-state index in [9.17, 15) is 22.4 Å². The second kappa shape index (κ2) is 6.97. The van der Waals surface area contributed by atoms with Crippen molar-refractivity contribution in [2.75, 3.05) is 12.8 Å². The largest absolute Gasteiger partial charge is 0.419 e. The van der Waals surface area contributed by atoms with Crippen LogP contribution in [0.25, 0.3) is 0 Å². The molecule has 0 aliphatic rings. The van der Waals surface area contributed by atoms with Gasteiger partial charge in [0.15, 0.2) is 0 Å². The molecule has 1 unspecified atom stereocenters. The smallest absolute Gasteiger partial charge is 0.352 e. The number of nitrogens with one attached hydrogen (secondary N) is 1. The zero-order chi connectivity index (χ0) is 15.3. The predicted molar refractivity (Wildman–Crippen MR) is 71.3 cm³/mol. The molecule has 0 spiro atoms. The molecule has 1 N–H and O–H groups in total. The molecule has 2 nitrogen and oxygen atoms in total. The first-order valence-corrected chi connectivity index (χ1v) is 7.22. The summed E-state index contributed by atoms with van der Waals surface area (Å²) in [5.74, 6) is -2.02. The first-order valence-electron chi connectivity index (χ1n) is 5.93. The van der Waals surface area contributed by atoms with E-state index in [0.29, 0.717) is 30.3 Å². The van der Waals surface area contributed by atoms with Crippen LogP contribution in [0.2, 0.25) is 0 Å². The van der Waals surface area contributed by atoms with Gasteiger partial charge in [-0.2, -0.15) is 24.9 Å². The van der Waals surface area contributed by atoms with Crippen molar-refractivity contribution in [3.05, 3.63) is 35.1 Å². The standard InChI is InChI=1S/C13H15F4NOS/c1-8(20-2)5-6-18-12(19)9-3-4-11(14)10(7-9)13(15,16)17/h3-4,7-8H,5-6H2,1-2H3,(H,18,19). The maximum atomic E-state index is 13.1. The van der Waals surface area contributed by atoms with Crippen LogP contribution in [0, 0.1) is 5.82 Å². The fourth-order valence-electron chi connectivity index (χ4n) is 1.49. The summed E-state index contributed by atoms with van der Waals surface area (Å²) in [5, 5.41) is 2.86. The van der Waals surface area contributed by atoms with Crippen molar-refractivity contribution in [2.24, 2.45) is 0 Å². The Morgan fingerprint density at radius 3 is 2.60 bits per heavy atom. The van der Waals surface area contributed by atoms with Crippen molar-refractivity contribution < 1.29 is 22.4 Å². The van der Waals surface area contributed by atoms with Gasteiger partial charge in [-0.15, -0.1) is 0 Å². The topological polar surface area (TPSA) is 29.1 Å². The summed E-state index contributed by atoms with van der Waals surface area (Å²) >= 11 is 1.63. The zero-order valence-electron chi connectivity index (χ0n) is 11.1. The van der Waals surface area contributed by atoms with Crippen LogP contribution in [-0.2, 0) is 6.18 Å².